The Bertz CT molecular complexity index is 690. The van der Waals surface area contributed by atoms with Gasteiger partial charge >= 0.3 is 0 Å². The molecule has 0 fully saturated rings. The molecule has 2 aromatic carbocycles. The highest BCUT2D eigenvalue weighted by molar-refractivity contribution is 9.10. The van der Waals surface area contributed by atoms with Crippen molar-refractivity contribution in [3.8, 4) is 0 Å². The van der Waals surface area contributed by atoms with E-state index in [1.165, 1.54) is 18.2 Å². The molecule has 0 aliphatic carbocycles. The third-order valence-electron chi connectivity index (χ3n) is 2.53. The second-order valence-corrected chi connectivity index (χ2v) is 4.99. The highest BCUT2D eigenvalue weighted by Gasteiger charge is 2.21. The number of nitrogens with one attached hydrogen (secondary N) is 1. The van der Waals surface area contributed by atoms with Gasteiger partial charge in [-0.25, -0.2) is 17.6 Å². The van der Waals surface area contributed by atoms with Crippen molar-refractivity contribution in [3.05, 3.63) is 57.6 Å². The molecular formula is C13H7BrF4N2O. The van der Waals surface area contributed by atoms with Crippen molar-refractivity contribution in [3.63, 3.8) is 0 Å². The first-order valence-electron chi connectivity index (χ1n) is 5.50. The number of hydrogen-bond acceptors (Lipinski definition) is 2. The highest BCUT2D eigenvalue weighted by atomic mass is 79.9. The van der Waals surface area contributed by atoms with Gasteiger partial charge in [0.2, 0.25) is 0 Å². The van der Waals surface area contributed by atoms with Crippen molar-refractivity contribution in [1.82, 2.24) is 0 Å². The van der Waals surface area contributed by atoms with E-state index in [0.29, 0.717) is 4.47 Å². The van der Waals surface area contributed by atoms with Crippen LogP contribution in [0.4, 0.5) is 28.9 Å². The molecule has 0 heterocycles. The van der Waals surface area contributed by atoms with Gasteiger partial charge < -0.3 is 11.1 Å². The van der Waals surface area contributed by atoms with Crippen LogP contribution in [0.25, 0.3) is 0 Å². The van der Waals surface area contributed by atoms with Crippen LogP contribution in [0.2, 0.25) is 0 Å². The van der Waals surface area contributed by atoms with Crippen molar-refractivity contribution >= 4 is 33.2 Å². The first kappa shape index (κ1) is 15.3. The van der Waals surface area contributed by atoms with Crippen LogP contribution in [0.3, 0.4) is 0 Å². The zero-order chi connectivity index (χ0) is 15.7. The molecule has 0 radical (unpaired) electrons. The smallest absolute Gasteiger partial charge is 0.255 e. The first-order valence-corrected chi connectivity index (χ1v) is 6.29. The molecule has 0 bridgehead atoms. The monoisotopic (exact) mass is 362 g/mol. The molecule has 0 aromatic heterocycles. The van der Waals surface area contributed by atoms with Gasteiger partial charge in [0.25, 0.3) is 5.91 Å². The van der Waals surface area contributed by atoms with E-state index < -0.39 is 34.9 Å². The van der Waals surface area contributed by atoms with E-state index in [1.54, 1.807) is 5.32 Å². The van der Waals surface area contributed by atoms with Crippen LogP contribution in [0, 0.1) is 23.3 Å². The van der Waals surface area contributed by atoms with Crippen molar-refractivity contribution in [1.29, 1.82) is 0 Å². The Balaban J connectivity index is 2.40. The SMILES string of the molecule is Nc1cc(Br)cc(C(=O)Nc2c(F)c(F)cc(F)c2F)c1. The number of rotatable bonds is 2. The average Bonchev–Trinajstić information content (AvgIpc) is 2.40. The van der Waals surface area contributed by atoms with E-state index in [4.69, 9.17) is 5.73 Å². The first-order chi connectivity index (χ1) is 9.79. The molecule has 0 aliphatic rings. The molecule has 0 spiro atoms. The fourth-order valence-corrected chi connectivity index (χ4v) is 2.12. The fraction of sp³-hybridized carbons (Fsp3) is 0. The summed E-state index contributed by atoms with van der Waals surface area (Å²) < 4.78 is 53.4. The van der Waals surface area contributed by atoms with Gasteiger partial charge in [-0.3, -0.25) is 4.79 Å². The number of halogens is 5. The summed E-state index contributed by atoms with van der Waals surface area (Å²) in [7, 11) is 0. The fourth-order valence-electron chi connectivity index (χ4n) is 1.61. The molecule has 0 unspecified atom stereocenters. The summed E-state index contributed by atoms with van der Waals surface area (Å²) in [5, 5.41) is 1.79. The lowest BCUT2D eigenvalue weighted by molar-refractivity contribution is 0.102. The van der Waals surface area contributed by atoms with Gasteiger partial charge in [-0.15, -0.1) is 0 Å². The van der Waals surface area contributed by atoms with Crippen molar-refractivity contribution in [2.75, 3.05) is 11.1 Å². The van der Waals surface area contributed by atoms with Crippen LogP contribution in [0.1, 0.15) is 10.4 Å². The van der Waals surface area contributed by atoms with Gasteiger partial charge in [0.1, 0.15) is 5.69 Å². The molecule has 2 aromatic rings. The third kappa shape index (κ3) is 3.15. The Hall–Kier alpha value is -2.09. The summed E-state index contributed by atoms with van der Waals surface area (Å²) in [6, 6.07) is 4.12. The van der Waals surface area contributed by atoms with Crippen LogP contribution in [0.15, 0.2) is 28.7 Å². The Kier molecular flexibility index (Phi) is 4.17. The van der Waals surface area contributed by atoms with E-state index in [9.17, 15) is 22.4 Å². The van der Waals surface area contributed by atoms with Crippen LogP contribution >= 0.6 is 15.9 Å². The summed E-state index contributed by atoms with van der Waals surface area (Å²) in [4.78, 5) is 11.9. The van der Waals surface area contributed by atoms with Crippen LogP contribution in [-0.4, -0.2) is 5.91 Å². The quantitative estimate of drug-likeness (QED) is 0.484. The minimum absolute atomic E-state index is 0.0367. The van der Waals surface area contributed by atoms with Gasteiger partial charge in [0.05, 0.1) is 0 Å². The largest absolute Gasteiger partial charge is 0.399 e. The maximum atomic E-state index is 13.4. The molecule has 0 saturated heterocycles. The Morgan fingerprint density at radius 1 is 1.00 bits per heavy atom. The third-order valence-corrected chi connectivity index (χ3v) is 2.99. The molecule has 21 heavy (non-hydrogen) atoms. The van der Waals surface area contributed by atoms with E-state index in [2.05, 4.69) is 15.9 Å². The van der Waals surface area contributed by atoms with Gasteiger partial charge in [0, 0.05) is 21.8 Å². The predicted octanol–water partition coefficient (Wildman–Crippen LogP) is 3.84. The molecule has 8 heteroatoms. The number of nitrogens with two attached hydrogens (primary N) is 1. The standard InChI is InChI=1S/C13H7BrF4N2O/c14-6-1-5(2-7(19)3-6)13(21)20-12-10(17)8(15)4-9(16)11(12)18/h1-4H,19H2,(H,20,21). The Labute approximate surface area is 124 Å². The zero-order valence-electron chi connectivity index (χ0n) is 10.2. The number of nitrogen functional groups attached to an aromatic ring is 1. The van der Waals surface area contributed by atoms with E-state index >= 15 is 0 Å². The number of benzene rings is 2. The lowest BCUT2D eigenvalue weighted by atomic mass is 10.2. The molecule has 2 rings (SSSR count). The Morgan fingerprint density at radius 2 is 1.57 bits per heavy atom. The van der Waals surface area contributed by atoms with Gasteiger partial charge in [-0.2, -0.15) is 0 Å². The Morgan fingerprint density at radius 3 is 2.10 bits per heavy atom. The molecule has 0 aliphatic heterocycles. The van der Waals surface area contributed by atoms with Crippen LogP contribution in [0.5, 0.6) is 0 Å². The highest BCUT2D eigenvalue weighted by Crippen LogP contribution is 2.25. The van der Waals surface area contributed by atoms with Crippen molar-refractivity contribution < 1.29 is 22.4 Å². The second kappa shape index (κ2) is 5.72. The lowest BCUT2D eigenvalue weighted by Crippen LogP contribution is -2.16. The minimum atomic E-state index is -1.69. The summed E-state index contributed by atoms with van der Waals surface area (Å²) in [6.45, 7) is 0. The molecule has 3 nitrogen and oxygen atoms in total. The number of anilines is 2. The van der Waals surface area contributed by atoms with Crippen LogP contribution < -0.4 is 11.1 Å². The summed E-state index contributed by atoms with van der Waals surface area (Å²) in [5.74, 6) is -7.57. The molecule has 0 atom stereocenters. The zero-order valence-corrected chi connectivity index (χ0v) is 11.8. The molecule has 3 N–H and O–H groups in total. The number of carbonyl (C=O) groups is 1. The molecule has 0 saturated carbocycles. The molecule has 1 amide bonds. The van der Waals surface area contributed by atoms with Crippen LogP contribution in [-0.2, 0) is 0 Å². The molecular weight excluding hydrogens is 356 g/mol. The second-order valence-electron chi connectivity index (χ2n) is 4.07. The van der Waals surface area contributed by atoms with Gasteiger partial charge in [-0.1, -0.05) is 15.9 Å². The van der Waals surface area contributed by atoms with E-state index in [1.807, 2.05) is 0 Å². The number of amides is 1. The lowest BCUT2D eigenvalue weighted by Gasteiger charge is -2.09. The number of hydrogen-bond donors (Lipinski definition) is 2. The summed E-state index contributed by atoms with van der Waals surface area (Å²) in [6.07, 6.45) is 0. The average molecular weight is 363 g/mol. The topological polar surface area (TPSA) is 55.1 Å². The van der Waals surface area contributed by atoms with E-state index in [0.717, 1.165) is 0 Å². The molecule has 110 valence electrons. The normalized spacial score (nSPS) is 10.5. The van der Waals surface area contributed by atoms with Gasteiger partial charge in [0.15, 0.2) is 23.3 Å². The van der Waals surface area contributed by atoms with Crippen molar-refractivity contribution in [2.45, 2.75) is 0 Å². The summed E-state index contributed by atoms with van der Waals surface area (Å²) in [5.41, 5.74) is 4.51. The van der Waals surface area contributed by atoms with E-state index in [-0.39, 0.29) is 17.3 Å². The maximum absolute atomic E-state index is 13.4. The van der Waals surface area contributed by atoms with Gasteiger partial charge in [-0.05, 0) is 18.2 Å². The maximum Gasteiger partial charge on any atom is 0.255 e. The number of carbonyl (C=O) groups excluding carboxylic acids is 1. The predicted molar refractivity (Wildman–Crippen MR) is 72.8 cm³/mol. The summed E-state index contributed by atoms with van der Waals surface area (Å²) >= 11 is 3.09. The van der Waals surface area contributed by atoms with Crippen molar-refractivity contribution in [2.24, 2.45) is 0 Å². The minimum Gasteiger partial charge on any atom is -0.399 e.